The Hall–Kier alpha value is -1.69. The SMILES string of the molecule is NCC(=O)NC([C]=O)Cc1c[nH]cn1. The minimum atomic E-state index is -0.686. The summed E-state index contributed by atoms with van der Waals surface area (Å²) in [5.41, 5.74) is 5.78. The summed E-state index contributed by atoms with van der Waals surface area (Å²) in [6.07, 6.45) is 5.19. The van der Waals surface area contributed by atoms with E-state index >= 15 is 0 Å². The number of carbonyl (C=O) groups is 1. The van der Waals surface area contributed by atoms with Crippen molar-refractivity contribution >= 4 is 12.2 Å². The Morgan fingerprint density at radius 1 is 1.79 bits per heavy atom. The Kier molecular flexibility index (Phi) is 3.81. The Bertz CT molecular complexity index is 296. The molecule has 0 fully saturated rings. The maximum absolute atomic E-state index is 10.9. The second kappa shape index (κ2) is 5.13. The van der Waals surface area contributed by atoms with Gasteiger partial charge in [-0.05, 0) is 0 Å². The van der Waals surface area contributed by atoms with Crippen LogP contribution in [0.5, 0.6) is 0 Å². The topological polar surface area (TPSA) is 101 Å². The molecule has 1 unspecified atom stereocenters. The molecule has 0 bridgehead atoms. The van der Waals surface area contributed by atoms with Gasteiger partial charge in [-0.3, -0.25) is 9.59 Å². The summed E-state index contributed by atoms with van der Waals surface area (Å²) >= 11 is 0. The lowest BCUT2D eigenvalue weighted by Crippen LogP contribution is -2.41. The molecule has 0 saturated heterocycles. The predicted molar refractivity (Wildman–Crippen MR) is 49.0 cm³/mol. The highest BCUT2D eigenvalue weighted by atomic mass is 16.2. The van der Waals surface area contributed by atoms with Gasteiger partial charge in [-0.2, -0.15) is 0 Å². The van der Waals surface area contributed by atoms with Crippen LogP contribution in [0.3, 0.4) is 0 Å². The van der Waals surface area contributed by atoms with Crippen molar-refractivity contribution in [2.45, 2.75) is 12.5 Å². The smallest absolute Gasteiger partial charge is 0.234 e. The van der Waals surface area contributed by atoms with Crippen LogP contribution in [0.2, 0.25) is 0 Å². The Labute approximate surface area is 80.9 Å². The molecule has 6 nitrogen and oxygen atoms in total. The van der Waals surface area contributed by atoms with Gasteiger partial charge in [-0.1, -0.05) is 0 Å². The van der Waals surface area contributed by atoms with E-state index in [1.54, 1.807) is 12.5 Å². The van der Waals surface area contributed by atoms with E-state index in [-0.39, 0.29) is 12.5 Å². The molecule has 0 aliphatic rings. The van der Waals surface area contributed by atoms with Gasteiger partial charge in [0.15, 0.2) is 0 Å². The Morgan fingerprint density at radius 3 is 3.07 bits per heavy atom. The number of nitrogens with two attached hydrogens (primary N) is 1. The third-order valence-electron chi connectivity index (χ3n) is 1.63. The molecular weight excluding hydrogens is 184 g/mol. The molecule has 0 spiro atoms. The molecule has 1 heterocycles. The summed E-state index contributed by atoms with van der Waals surface area (Å²) in [5, 5.41) is 2.41. The minimum absolute atomic E-state index is 0.140. The summed E-state index contributed by atoms with van der Waals surface area (Å²) < 4.78 is 0. The molecule has 1 aromatic heterocycles. The number of hydrogen-bond donors (Lipinski definition) is 3. The van der Waals surface area contributed by atoms with Gasteiger partial charge in [-0.25, -0.2) is 4.98 Å². The van der Waals surface area contributed by atoms with Crippen molar-refractivity contribution in [3.8, 4) is 0 Å². The van der Waals surface area contributed by atoms with Crippen molar-refractivity contribution < 1.29 is 9.59 Å². The number of imidazole rings is 1. The van der Waals surface area contributed by atoms with E-state index in [0.717, 1.165) is 0 Å². The lowest BCUT2D eigenvalue weighted by Gasteiger charge is -2.08. The zero-order valence-corrected chi connectivity index (χ0v) is 7.49. The highest BCUT2D eigenvalue weighted by molar-refractivity contribution is 5.81. The molecule has 0 aliphatic heterocycles. The standard InChI is InChI=1S/C8H11N4O2/c9-2-8(14)12-7(4-13)1-6-3-10-5-11-6/h3,5,7H,1-2,9H2,(H,10,11)(H,12,14). The largest absolute Gasteiger partial charge is 0.351 e. The summed E-state index contributed by atoms with van der Waals surface area (Å²) in [6.45, 7) is -0.140. The quantitative estimate of drug-likeness (QED) is 0.532. The van der Waals surface area contributed by atoms with Crippen molar-refractivity contribution in [1.82, 2.24) is 15.3 Å². The summed E-state index contributed by atoms with van der Waals surface area (Å²) in [7, 11) is 0. The van der Waals surface area contributed by atoms with Crippen molar-refractivity contribution in [2.24, 2.45) is 5.73 Å². The van der Waals surface area contributed by atoms with Crippen LogP contribution in [0.15, 0.2) is 12.5 Å². The molecular formula is C8H11N4O2. The van der Waals surface area contributed by atoms with Crippen LogP contribution in [0.25, 0.3) is 0 Å². The number of carbonyl (C=O) groups excluding carboxylic acids is 2. The molecule has 1 radical (unpaired) electrons. The zero-order valence-electron chi connectivity index (χ0n) is 7.49. The predicted octanol–water partition coefficient (Wildman–Crippen LogP) is -1.49. The molecule has 1 amide bonds. The van der Waals surface area contributed by atoms with Crippen molar-refractivity contribution in [3.05, 3.63) is 18.2 Å². The number of rotatable bonds is 5. The average Bonchev–Trinajstić information content (AvgIpc) is 2.69. The second-order valence-corrected chi connectivity index (χ2v) is 2.71. The molecule has 0 aromatic carbocycles. The fraction of sp³-hybridized carbons (Fsp3) is 0.375. The highest BCUT2D eigenvalue weighted by Crippen LogP contribution is 1.95. The van der Waals surface area contributed by atoms with Crippen LogP contribution in [0.4, 0.5) is 0 Å². The number of H-pyrrole nitrogens is 1. The van der Waals surface area contributed by atoms with Crippen LogP contribution in [-0.4, -0.2) is 34.7 Å². The van der Waals surface area contributed by atoms with Gasteiger partial charge in [0.05, 0.1) is 18.6 Å². The zero-order chi connectivity index (χ0) is 10.4. The fourth-order valence-corrected chi connectivity index (χ4v) is 0.987. The van der Waals surface area contributed by atoms with E-state index in [1.165, 1.54) is 6.33 Å². The molecule has 1 atom stereocenters. The van der Waals surface area contributed by atoms with Gasteiger partial charge in [0, 0.05) is 12.6 Å². The van der Waals surface area contributed by atoms with E-state index in [4.69, 9.17) is 5.73 Å². The number of nitrogens with one attached hydrogen (secondary N) is 2. The molecule has 6 heteroatoms. The van der Waals surface area contributed by atoms with Gasteiger partial charge >= 0.3 is 0 Å². The van der Waals surface area contributed by atoms with Crippen molar-refractivity contribution in [2.75, 3.05) is 6.54 Å². The van der Waals surface area contributed by atoms with E-state index in [1.807, 2.05) is 0 Å². The Morgan fingerprint density at radius 2 is 2.57 bits per heavy atom. The average molecular weight is 195 g/mol. The number of aromatic nitrogens is 2. The first-order valence-corrected chi connectivity index (χ1v) is 4.11. The van der Waals surface area contributed by atoms with E-state index < -0.39 is 6.04 Å². The van der Waals surface area contributed by atoms with Crippen molar-refractivity contribution in [1.29, 1.82) is 0 Å². The third kappa shape index (κ3) is 2.98. The van der Waals surface area contributed by atoms with Gasteiger partial charge in [-0.15, -0.1) is 0 Å². The van der Waals surface area contributed by atoms with Crippen LogP contribution in [0.1, 0.15) is 5.69 Å². The minimum Gasteiger partial charge on any atom is -0.351 e. The van der Waals surface area contributed by atoms with E-state index in [9.17, 15) is 9.59 Å². The lowest BCUT2D eigenvalue weighted by atomic mass is 10.2. The van der Waals surface area contributed by atoms with Crippen LogP contribution in [0, 0.1) is 0 Å². The van der Waals surface area contributed by atoms with Crippen LogP contribution in [-0.2, 0) is 16.0 Å². The molecule has 0 aliphatic carbocycles. The summed E-state index contributed by atoms with van der Waals surface area (Å²) in [4.78, 5) is 28.0. The van der Waals surface area contributed by atoms with Gasteiger partial charge in [0.25, 0.3) is 0 Å². The van der Waals surface area contributed by atoms with Gasteiger partial charge in [0.2, 0.25) is 12.2 Å². The van der Waals surface area contributed by atoms with Crippen molar-refractivity contribution in [3.63, 3.8) is 0 Å². The highest BCUT2D eigenvalue weighted by Gasteiger charge is 2.12. The van der Waals surface area contributed by atoms with Crippen LogP contribution < -0.4 is 11.1 Å². The first-order valence-electron chi connectivity index (χ1n) is 4.11. The molecule has 1 rings (SSSR count). The maximum atomic E-state index is 10.9. The number of nitrogens with zero attached hydrogens (tertiary/aromatic N) is 1. The summed E-state index contributed by atoms with van der Waals surface area (Å²) in [5.74, 6) is -0.381. The van der Waals surface area contributed by atoms with E-state index in [2.05, 4.69) is 15.3 Å². The molecule has 4 N–H and O–H groups in total. The van der Waals surface area contributed by atoms with E-state index in [0.29, 0.717) is 12.1 Å². The number of amides is 1. The fourth-order valence-electron chi connectivity index (χ4n) is 0.987. The normalized spacial score (nSPS) is 12.1. The molecule has 1 aromatic rings. The molecule has 75 valence electrons. The first kappa shape index (κ1) is 10.4. The lowest BCUT2D eigenvalue weighted by molar-refractivity contribution is -0.120. The maximum Gasteiger partial charge on any atom is 0.234 e. The van der Waals surface area contributed by atoms with Crippen LogP contribution >= 0.6 is 0 Å². The second-order valence-electron chi connectivity index (χ2n) is 2.71. The third-order valence-corrected chi connectivity index (χ3v) is 1.63. The number of aromatic amines is 1. The van der Waals surface area contributed by atoms with Gasteiger partial charge < -0.3 is 16.0 Å². The monoisotopic (exact) mass is 195 g/mol. The number of hydrogen-bond acceptors (Lipinski definition) is 4. The molecule has 0 saturated carbocycles. The molecule has 14 heavy (non-hydrogen) atoms. The first-order chi connectivity index (χ1) is 6.76. The summed E-state index contributed by atoms with van der Waals surface area (Å²) in [6, 6.07) is -0.686. The van der Waals surface area contributed by atoms with Gasteiger partial charge in [0.1, 0.15) is 6.04 Å². The Balaban J connectivity index is 2.47.